The number of hydrogen-bond donors (Lipinski definition) is 1. The van der Waals surface area contributed by atoms with Gasteiger partial charge in [-0.15, -0.1) is 0 Å². The Balaban J connectivity index is 2.44. The second-order valence-electron chi connectivity index (χ2n) is 3.82. The molecule has 0 aliphatic carbocycles. The van der Waals surface area contributed by atoms with Crippen molar-refractivity contribution in [3.63, 3.8) is 0 Å². The lowest BCUT2D eigenvalue weighted by atomic mass is 10.0. The zero-order valence-electron chi connectivity index (χ0n) is 9.21. The van der Waals surface area contributed by atoms with Crippen LogP contribution in [-0.4, -0.2) is 16.7 Å². The van der Waals surface area contributed by atoms with Crippen LogP contribution >= 0.6 is 0 Å². The Hall–Kier alpha value is -2.41. The van der Waals surface area contributed by atoms with Crippen molar-refractivity contribution in [3.05, 3.63) is 41.5 Å². The first-order valence-corrected chi connectivity index (χ1v) is 5.12. The van der Waals surface area contributed by atoms with Crippen LogP contribution in [-0.2, 0) is 4.79 Å². The normalized spacial score (nSPS) is 18.7. The number of nitriles is 1. The Bertz CT molecular complexity index is 580. The molecule has 17 heavy (non-hydrogen) atoms. The third kappa shape index (κ3) is 2.08. The van der Waals surface area contributed by atoms with E-state index in [0.29, 0.717) is 11.3 Å². The molecule has 1 aromatic rings. The van der Waals surface area contributed by atoms with E-state index in [4.69, 9.17) is 5.26 Å². The molecule has 1 aromatic carbocycles. The van der Waals surface area contributed by atoms with E-state index >= 15 is 0 Å². The van der Waals surface area contributed by atoms with Gasteiger partial charge in [0.1, 0.15) is 11.7 Å². The fourth-order valence-electron chi connectivity index (χ4n) is 1.60. The van der Waals surface area contributed by atoms with E-state index in [0.717, 1.165) is 5.56 Å². The van der Waals surface area contributed by atoms with E-state index in [1.807, 2.05) is 13.0 Å². The van der Waals surface area contributed by atoms with Crippen molar-refractivity contribution in [1.82, 2.24) is 0 Å². The number of phenols is 1. The van der Waals surface area contributed by atoms with Crippen molar-refractivity contribution in [2.75, 3.05) is 0 Å². The summed E-state index contributed by atoms with van der Waals surface area (Å²) in [5.41, 5.74) is 1.86. The second kappa shape index (κ2) is 4.22. The number of allylic oxidation sites excluding steroid dienone is 1. The minimum atomic E-state index is -0.814. The summed E-state index contributed by atoms with van der Waals surface area (Å²) in [6, 6.07) is 6.92. The smallest absolute Gasteiger partial charge is 0.267 e. The van der Waals surface area contributed by atoms with Crippen molar-refractivity contribution in [2.45, 2.75) is 6.92 Å². The molecular formula is C13H10N2O2. The number of carbonyl (C=O) groups excluding carboxylic acids is 1. The van der Waals surface area contributed by atoms with Crippen LogP contribution in [0.4, 0.5) is 0 Å². The summed E-state index contributed by atoms with van der Waals surface area (Å²) in [5.74, 6) is -1.24. The van der Waals surface area contributed by atoms with Gasteiger partial charge in [0.05, 0.1) is 11.8 Å². The van der Waals surface area contributed by atoms with Crippen LogP contribution in [0.3, 0.4) is 0 Å². The number of hydrogen-bond acceptors (Lipinski definition) is 3. The van der Waals surface area contributed by atoms with Gasteiger partial charge in [-0.25, -0.2) is 4.99 Å². The van der Waals surface area contributed by atoms with Gasteiger partial charge in [-0.3, -0.25) is 4.79 Å². The maximum Gasteiger partial charge on any atom is 0.267 e. The van der Waals surface area contributed by atoms with Crippen LogP contribution in [0.15, 0.2) is 35.3 Å². The van der Waals surface area contributed by atoms with Gasteiger partial charge < -0.3 is 5.11 Å². The van der Waals surface area contributed by atoms with Gasteiger partial charge >= 0.3 is 0 Å². The SMILES string of the molecule is Cc1ccc(O)c(C2=NC(=O)C(C#N)C=C2)c1. The van der Waals surface area contributed by atoms with Gasteiger partial charge in [-0.05, 0) is 25.1 Å². The molecule has 2 rings (SSSR count). The van der Waals surface area contributed by atoms with Gasteiger partial charge in [0.25, 0.3) is 5.91 Å². The molecule has 1 atom stereocenters. The lowest BCUT2D eigenvalue weighted by molar-refractivity contribution is -0.118. The minimum absolute atomic E-state index is 0.0715. The van der Waals surface area contributed by atoms with Gasteiger partial charge in [0, 0.05) is 5.56 Å². The molecule has 1 amide bonds. The molecule has 1 N–H and O–H groups in total. The Labute approximate surface area is 98.5 Å². The average Bonchev–Trinajstić information content (AvgIpc) is 2.32. The van der Waals surface area contributed by atoms with Gasteiger partial charge in [-0.2, -0.15) is 5.26 Å². The Kier molecular flexibility index (Phi) is 2.75. The van der Waals surface area contributed by atoms with E-state index in [1.54, 1.807) is 24.3 Å². The summed E-state index contributed by atoms with van der Waals surface area (Å²) in [7, 11) is 0. The van der Waals surface area contributed by atoms with Crippen LogP contribution in [0.5, 0.6) is 5.75 Å². The summed E-state index contributed by atoms with van der Waals surface area (Å²) < 4.78 is 0. The highest BCUT2D eigenvalue weighted by molar-refractivity contribution is 6.17. The molecule has 0 saturated carbocycles. The molecule has 0 radical (unpaired) electrons. The molecule has 1 aliphatic heterocycles. The van der Waals surface area contributed by atoms with Crippen molar-refractivity contribution in [3.8, 4) is 11.8 Å². The minimum Gasteiger partial charge on any atom is -0.507 e. The monoisotopic (exact) mass is 226 g/mol. The predicted octanol–water partition coefficient (Wildman–Crippen LogP) is 1.73. The molecule has 1 aliphatic rings. The molecule has 1 heterocycles. The molecule has 1 unspecified atom stereocenters. The number of amides is 1. The molecule has 0 saturated heterocycles. The molecule has 84 valence electrons. The summed E-state index contributed by atoms with van der Waals surface area (Å²) in [5, 5.41) is 18.4. The highest BCUT2D eigenvalue weighted by Gasteiger charge is 2.20. The number of phenolic OH excluding ortho intramolecular Hbond substituents is 1. The largest absolute Gasteiger partial charge is 0.507 e. The number of aryl methyl sites for hydroxylation is 1. The van der Waals surface area contributed by atoms with E-state index in [-0.39, 0.29) is 5.75 Å². The van der Waals surface area contributed by atoms with E-state index < -0.39 is 11.8 Å². The lowest BCUT2D eigenvalue weighted by Gasteiger charge is -2.10. The summed E-state index contributed by atoms with van der Waals surface area (Å²) in [6.07, 6.45) is 3.08. The van der Waals surface area contributed by atoms with Crippen molar-refractivity contribution >= 4 is 11.6 Å². The fourth-order valence-corrected chi connectivity index (χ4v) is 1.60. The molecule has 0 spiro atoms. The summed E-state index contributed by atoms with van der Waals surface area (Å²) in [4.78, 5) is 15.3. The van der Waals surface area contributed by atoms with Crippen molar-refractivity contribution < 1.29 is 9.90 Å². The number of benzene rings is 1. The number of aliphatic imine (C=N–C) groups is 1. The van der Waals surface area contributed by atoms with Gasteiger partial charge in [0.15, 0.2) is 0 Å². The first-order valence-electron chi connectivity index (χ1n) is 5.12. The maximum absolute atomic E-state index is 11.5. The standard InChI is InChI=1S/C13H10N2O2/c1-8-2-5-12(16)10(6-8)11-4-3-9(7-14)13(17)15-11/h2-6,9,16H,1H3. The van der Waals surface area contributed by atoms with Gasteiger partial charge in [-0.1, -0.05) is 17.7 Å². The zero-order valence-corrected chi connectivity index (χ0v) is 9.21. The van der Waals surface area contributed by atoms with Crippen LogP contribution in [0.2, 0.25) is 0 Å². The van der Waals surface area contributed by atoms with Crippen LogP contribution in [0, 0.1) is 24.2 Å². The molecular weight excluding hydrogens is 216 g/mol. The summed E-state index contributed by atoms with van der Waals surface area (Å²) >= 11 is 0. The van der Waals surface area contributed by atoms with Crippen LogP contribution in [0.25, 0.3) is 0 Å². The highest BCUT2D eigenvalue weighted by atomic mass is 16.3. The third-order valence-corrected chi connectivity index (χ3v) is 2.51. The Morgan fingerprint density at radius 2 is 2.24 bits per heavy atom. The quantitative estimate of drug-likeness (QED) is 0.792. The maximum atomic E-state index is 11.5. The van der Waals surface area contributed by atoms with Crippen molar-refractivity contribution in [1.29, 1.82) is 5.26 Å². The first kappa shape index (κ1) is 11.1. The number of carbonyl (C=O) groups is 1. The first-order chi connectivity index (χ1) is 8.11. The Morgan fingerprint density at radius 3 is 2.88 bits per heavy atom. The number of dihydropyridines is 1. The topological polar surface area (TPSA) is 73.5 Å². The number of rotatable bonds is 1. The van der Waals surface area contributed by atoms with Crippen LogP contribution in [0.1, 0.15) is 11.1 Å². The number of aromatic hydroxyl groups is 1. The molecule has 0 fully saturated rings. The fraction of sp³-hybridized carbons (Fsp3) is 0.154. The Morgan fingerprint density at radius 1 is 1.47 bits per heavy atom. The van der Waals surface area contributed by atoms with E-state index in [9.17, 15) is 9.90 Å². The van der Waals surface area contributed by atoms with E-state index in [2.05, 4.69) is 4.99 Å². The molecule has 4 heteroatoms. The molecule has 0 bridgehead atoms. The van der Waals surface area contributed by atoms with Gasteiger partial charge in [0.2, 0.25) is 0 Å². The van der Waals surface area contributed by atoms with Crippen molar-refractivity contribution in [2.24, 2.45) is 10.9 Å². The third-order valence-electron chi connectivity index (χ3n) is 2.51. The molecule has 0 aromatic heterocycles. The van der Waals surface area contributed by atoms with Crippen LogP contribution < -0.4 is 0 Å². The number of nitrogens with zero attached hydrogens (tertiary/aromatic N) is 2. The average molecular weight is 226 g/mol. The summed E-state index contributed by atoms with van der Waals surface area (Å²) in [6.45, 7) is 1.88. The molecule has 4 nitrogen and oxygen atoms in total. The highest BCUT2D eigenvalue weighted by Crippen LogP contribution is 2.22. The zero-order chi connectivity index (χ0) is 12.4. The second-order valence-corrected chi connectivity index (χ2v) is 3.82. The van der Waals surface area contributed by atoms with E-state index in [1.165, 1.54) is 6.08 Å². The predicted molar refractivity (Wildman–Crippen MR) is 62.6 cm³/mol. The lowest BCUT2D eigenvalue weighted by Crippen LogP contribution is -2.15.